The van der Waals surface area contributed by atoms with Crippen molar-refractivity contribution in [1.29, 1.82) is 0 Å². The first-order valence-electron chi connectivity index (χ1n) is 6.79. The van der Waals surface area contributed by atoms with Crippen LogP contribution >= 0.6 is 11.3 Å². The normalized spacial score (nSPS) is 13.5. The molecule has 0 atom stereocenters. The topological polar surface area (TPSA) is 71.5 Å². The summed E-state index contributed by atoms with van der Waals surface area (Å²) in [5.74, 6) is -0.0827. The van der Waals surface area contributed by atoms with Gasteiger partial charge < -0.3 is 15.0 Å². The molecular weight excluding hydrogens is 302 g/mol. The molecule has 6 nitrogen and oxygen atoms in total. The lowest BCUT2D eigenvalue weighted by Crippen LogP contribution is -2.41. The molecule has 1 aliphatic heterocycles. The fourth-order valence-corrected chi connectivity index (χ4v) is 2.95. The number of carbonyl (C=O) groups is 2. The van der Waals surface area contributed by atoms with Crippen molar-refractivity contribution < 1.29 is 14.3 Å². The van der Waals surface area contributed by atoms with E-state index >= 15 is 0 Å². The van der Waals surface area contributed by atoms with Gasteiger partial charge in [0, 0.05) is 5.38 Å². The number of amides is 1. The molecule has 2 aromatic rings. The smallest absolute Gasteiger partial charge is 0.331 e. The maximum atomic E-state index is 12.1. The Labute approximate surface area is 131 Å². The molecule has 2 heterocycles. The van der Waals surface area contributed by atoms with E-state index in [0.717, 1.165) is 16.9 Å². The molecule has 0 unspecified atom stereocenters. The molecular formula is C15H15N3O3S. The summed E-state index contributed by atoms with van der Waals surface area (Å²) in [6, 6.07) is 5.58. The minimum atomic E-state index is -0.365. The first kappa shape index (κ1) is 14.5. The fourth-order valence-electron chi connectivity index (χ4n) is 2.24. The van der Waals surface area contributed by atoms with Gasteiger partial charge in [-0.1, -0.05) is 6.07 Å². The minimum Gasteiger partial charge on any atom is -0.423 e. The van der Waals surface area contributed by atoms with Crippen molar-refractivity contribution in [1.82, 2.24) is 4.98 Å². The van der Waals surface area contributed by atoms with Gasteiger partial charge in [0.2, 0.25) is 5.91 Å². The lowest BCUT2D eigenvalue weighted by molar-refractivity contribution is -0.133. The molecule has 1 aromatic carbocycles. The Hall–Kier alpha value is -2.41. The highest BCUT2D eigenvalue weighted by atomic mass is 32.1. The summed E-state index contributed by atoms with van der Waals surface area (Å²) in [5, 5.41) is 5.17. The molecule has 0 spiro atoms. The third-order valence-electron chi connectivity index (χ3n) is 3.20. The van der Waals surface area contributed by atoms with Crippen LogP contribution in [-0.4, -0.2) is 29.9 Å². The highest BCUT2D eigenvalue weighted by Gasteiger charge is 2.25. The van der Waals surface area contributed by atoms with Crippen LogP contribution in [0.5, 0.6) is 5.75 Å². The van der Waals surface area contributed by atoms with E-state index in [-0.39, 0.29) is 25.0 Å². The Balaban J connectivity index is 1.75. The van der Waals surface area contributed by atoms with Gasteiger partial charge in [0.05, 0.1) is 17.9 Å². The summed E-state index contributed by atoms with van der Waals surface area (Å²) in [5.41, 5.74) is 2.61. The molecule has 0 fully saturated rings. The summed E-state index contributed by atoms with van der Waals surface area (Å²) in [6.45, 7) is 3.92. The summed E-state index contributed by atoms with van der Waals surface area (Å²) in [7, 11) is 0. The van der Waals surface area contributed by atoms with Crippen LogP contribution in [0, 0.1) is 13.8 Å². The number of nitrogens with zero attached hydrogens (tertiary/aromatic N) is 2. The monoisotopic (exact) mass is 317 g/mol. The van der Waals surface area contributed by atoms with Gasteiger partial charge in [0.1, 0.15) is 6.54 Å². The molecule has 0 saturated heterocycles. The SMILES string of the molecule is Cc1ccc2c(c1)OC(=O)CN2CC(=O)Nc1nc(C)cs1. The van der Waals surface area contributed by atoms with E-state index in [4.69, 9.17) is 4.74 Å². The maximum Gasteiger partial charge on any atom is 0.331 e. The lowest BCUT2D eigenvalue weighted by Gasteiger charge is -2.29. The van der Waals surface area contributed by atoms with Crippen molar-refractivity contribution in [3.8, 4) is 5.75 Å². The van der Waals surface area contributed by atoms with E-state index in [9.17, 15) is 9.59 Å². The van der Waals surface area contributed by atoms with E-state index in [1.165, 1.54) is 11.3 Å². The van der Waals surface area contributed by atoms with Crippen LogP contribution in [0.15, 0.2) is 23.6 Å². The number of carbonyl (C=O) groups excluding carboxylic acids is 2. The molecule has 7 heteroatoms. The standard InChI is InChI=1S/C15H15N3O3S/c1-9-3-4-11-12(5-9)21-14(20)7-18(11)6-13(19)17-15-16-10(2)8-22-15/h3-5,8H,6-7H2,1-2H3,(H,16,17,19). The molecule has 1 aromatic heterocycles. The second kappa shape index (κ2) is 5.76. The summed E-state index contributed by atoms with van der Waals surface area (Å²) >= 11 is 1.37. The molecule has 114 valence electrons. The Morgan fingerprint density at radius 3 is 3.00 bits per heavy atom. The van der Waals surface area contributed by atoms with Crippen LogP contribution in [-0.2, 0) is 9.59 Å². The Morgan fingerprint density at radius 2 is 2.27 bits per heavy atom. The Bertz CT molecular complexity index is 741. The van der Waals surface area contributed by atoms with E-state index in [2.05, 4.69) is 10.3 Å². The van der Waals surface area contributed by atoms with Crippen LogP contribution in [0.4, 0.5) is 10.8 Å². The largest absolute Gasteiger partial charge is 0.423 e. The molecule has 0 saturated carbocycles. The van der Waals surface area contributed by atoms with Gasteiger partial charge >= 0.3 is 5.97 Å². The average molecular weight is 317 g/mol. The van der Waals surface area contributed by atoms with Crippen molar-refractivity contribution >= 4 is 34.0 Å². The number of hydrogen-bond acceptors (Lipinski definition) is 6. The number of aromatic nitrogens is 1. The molecule has 0 aliphatic carbocycles. The van der Waals surface area contributed by atoms with Crippen LogP contribution in [0.2, 0.25) is 0 Å². The number of benzene rings is 1. The summed E-state index contributed by atoms with van der Waals surface area (Å²) in [6.07, 6.45) is 0. The highest BCUT2D eigenvalue weighted by Crippen LogP contribution is 2.32. The van der Waals surface area contributed by atoms with Gasteiger partial charge in [-0.3, -0.25) is 4.79 Å². The number of nitrogens with one attached hydrogen (secondary N) is 1. The number of aryl methyl sites for hydroxylation is 2. The van der Waals surface area contributed by atoms with Crippen molar-refractivity contribution in [2.24, 2.45) is 0 Å². The number of fused-ring (bicyclic) bond motifs is 1. The van der Waals surface area contributed by atoms with Crippen molar-refractivity contribution in [2.75, 3.05) is 23.3 Å². The number of anilines is 2. The second-order valence-corrected chi connectivity index (χ2v) is 6.00. The molecule has 1 N–H and O–H groups in total. The van der Waals surface area contributed by atoms with Crippen LogP contribution in [0.3, 0.4) is 0 Å². The quantitative estimate of drug-likeness (QED) is 0.693. The van der Waals surface area contributed by atoms with E-state index in [1.807, 2.05) is 31.4 Å². The van der Waals surface area contributed by atoms with Crippen LogP contribution < -0.4 is 15.0 Å². The summed E-state index contributed by atoms with van der Waals surface area (Å²) in [4.78, 5) is 29.7. The van der Waals surface area contributed by atoms with Crippen molar-refractivity contribution in [2.45, 2.75) is 13.8 Å². The minimum absolute atomic E-state index is 0.0559. The van der Waals surface area contributed by atoms with Gasteiger partial charge in [-0.05, 0) is 31.5 Å². The summed E-state index contributed by atoms with van der Waals surface area (Å²) < 4.78 is 5.22. The third kappa shape index (κ3) is 3.09. The molecule has 1 amide bonds. The maximum absolute atomic E-state index is 12.1. The average Bonchev–Trinajstić information content (AvgIpc) is 2.83. The first-order valence-corrected chi connectivity index (χ1v) is 7.67. The van der Waals surface area contributed by atoms with Crippen LogP contribution in [0.25, 0.3) is 0 Å². The zero-order valence-electron chi connectivity index (χ0n) is 12.3. The second-order valence-electron chi connectivity index (χ2n) is 5.14. The molecule has 3 rings (SSSR count). The van der Waals surface area contributed by atoms with Gasteiger partial charge in [-0.25, -0.2) is 9.78 Å². The van der Waals surface area contributed by atoms with Gasteiger partial charge in [-0.15, -0.1) is 11.3 Å². The number of hydrogen-bond donors (Lipinski definition) is 1. The molecule has 0 bridgehead atoms. The van der Waals surface area contributed by atoms with Gasteiger partial charge in [0.25, 0.3) is 0 Å². The zero-order valence-corrected chi connectivity index (χ0v) is 13.1. The first-order chi connectivity index (χ1) is 10.5. The van der Waals surface area contributed by atoms with Gasteiger partial charge in [0.15, 0.2) is 10.9 Å². The predicted octanol–water partition coefficient (Wildman–Crippen LogP) is 2.12. The Morgan fingerprint density at radius 1 is 1.45 bits per heavy atom. The molecule has 22 heavy (non-hydrogen) atoms. The molecule has 1 aliphatic rings. The van der Waals surface area contributed by atoms with Crippen molar-refractivity contribution in [3.05, 3.63) is 34.8 Å². The lowest BCUT2D eigenvalue weighted by atomic mass is 10.1. The third-order valence-corrected chi connectivity index (χ3v) is 4.08. The van der Waals surface area contributed by atoms with Crippen LogP contribution in [0.1, 0.15) is 11.3 Å². The van der Waals surface area contributed by atoms with E-state index < -0.39 is 0 Å². The number of ether oxygens (including phenoxy) is 1. The zero-order chi connectivity index (χ0) is 15.7. The number of esters is 1. The molecule has 0 radical (unpaired) electrons. The fraction of sp³-hybridized carbons (Fsp3) is 0.267. The van der Waals surface area contributed by atoms with Crippen molar-refractivity contribution in [3.63, 3.8) is 0 Å². The van der Waals surface area contributed by atoms with E-state index in [0.29, 0.717) is 10.9 Å². The number of thiazole rings is 1. The highest BCUT2D eigenvalue weighted by molar-refractivity contribution is 7.13. The number of rotatable bonds is 3. The predicted molar refractivity (Wildman–Crippen MR) is 84.5 cm³/mol. The van der Waals surface area contributed by atoms with E-state index in [1.54, 1.807) is 11.0 Å². The van der Waals surface area contributed by atoms with Gasteiger partial charge in [-0.2, -0.15) is 0 Å². The Kier molecular flexibility index (Phi) is 3.81.